The van der Waals surface area contributed by atoms with Crippen LogP contribution >= 0.6 is 7.60 Å². The number of nitrogens with zero attached hydrogens (tertiary/aromatic N) is 4. The summed E-state index contributed by atoms with van der Waals surface area (Å²) >= 11 is 0. The van der Waals surface area contributed by atoms with Crippen LogP contribution in [0.3, 0.4) is 0 Å². The second kappa shape index (κ2) is 12.2. The van der Waals surface area contributed by atoms with Crippen LogP contribution in [0.15, 0.2) is 43.0 Å². The third kappa shape index (κ3) is 6.70. The number of benzene rings is 1. The zero-order chi connectivity index (χ0) is 29.1. The molecule has 0 spiro atoms. The first-order valence-electron chi connectivity index (χ1n) is 12.8. The van der Waals surface area contributed by atoms with Crippen LogP contribution in [0.5, 0.6) is 0 Å². The van der Waals surface area contributed by atoms with E-state index < -0.39 is 62.7 Å². The van der Waals surface area contributed by atoms with E-state index >= 15 is 0 Å². The maximum Gasteiger partial charge on any atom is 0.324 e. The lowest BCUT2D eigenvalue weighted by atomic mass is 9.94. The van der Waals surface area contributed by atoms with Crippen molar-refractivity contribution in [3.8, 4) is 0 Å². The minimum atomic E-state index is -4.41. The minimum Gasteiger partial charge on any atom is -0.778 e. The number of hydrogen-bond acceptors (Lipinski definition) is 12. The first kappa shape index (κ1) is 29.0. The molecule has 7 atom stereocenters. The van der Waals surface area contributed by atoms with Gasteiger partial charge in [-0.2, -0.15) is 0 Å². The summed E-state index contributed by atoms with van der Waals surface area (Å²) in [6.07, 6.45) is -2.65. The standard InChI is InChI=1S/C24H30N7O9P/c32-18-16(9-39-41(37,38)10-13-6-7-25-15(8-13)23(34)35)40-22(19(18)33)31-12-28-17-20(26-11-27-21(17)31)30-24(36)29-14-4-2-1-3-5-14/h1-5,11-13,15-16,18-19,22,25,32-33H,6-10H2,(H,34,35)(H,37,38)(H2,26,27,29,30,36)/p-1/t13?,15?,16-,18?,19?,22-/m1/s1. The summed E-state index contributed by atoms with van der Waals surface area (Å²) in [4.78, 5) is 48.7. The fourth-order valence-electron chi connectivity index (χ4n) is 4.92. The molecule has 2 aliphatic heterocycles. The van der Waals surface area contributed by atoms with Crippen LogP contribution in [0.25, 0.3) is 11.2 Å². The van der Waals surface area contributed by atoms with Crippen LogP contribution in [-0.2, 0) is 18.6 Å². The summed E-state index contributed by atoms with van der Waals surface area (Å²) in [5.74, 6) is -1.36. The van der Waals surface area contributed by atoms with E-state index in [4.69, 9.17) is 9.26 Å². The topological polar surface area (TPSA) is 233 Å². The molecule has 2 aromatic heterocycles. The molecule has 2 fully saturated rings. The third-order valence-corrected chi connectivity index (χ3v) is 8.47. The Balaban J connectivity index is 1.22. The molecule has 5 unspecified atom stereocenters. The molecular weight excluding hydrogens is 561 g/mol. The second-order valence-electron chi connectivity index (χ2n) is 9.86. The molecule has 2 amide bonds. The molecule has 220 valence electrons. The molecule has 0 aliphatic carbocycles. The van der Waals surface area contributed by atoms with Crippen molar-refractivity contribution in [2.45, 2.75) is 43.4 Å². The first-order valence-corrected chi connectivity index (χ1v) is 14.6. The van der Waals surface area contributed by atoms with Crippen molar-refractivity contribution in [2.75, 3.05) is 29.9 Å². The van der Waals surface area contributed by atoms with Crippen molar-refractivity contribution in [3.63, 3.8) is 0 Å². The molecule has 16 nitrogen and oxygen atoms in total. The zero-order valence-electron chi connectivity index (χ0n) is 21.6. The highest BCUT2D eigenvalue weighted by Gasteiger charge is 2.45. The molecular formula is C24H29N7O9P-. The molecule has 17 heteroatoms. The normalized spacial score (nSPS) is 27.8. The number of fused-ring (bicyclic) bond motifs is 1. The molecule has 4 heterocycles. The Morgan fingerprint density at radius 3 is 2.71 bits per heavy atom. The van der Waals surface area contributed by atoms with Crippen molar-refractivity contribution >= 4 is 42.3 Å². The fraction of sp³-hybridized carbons (Fsp3) is 0.458. The lowest BCUT2D eigenvalue weighted by molar-refractivity contribution is -0.202. The molecule has 41 heavy (non-hydrogen) atoms. The van der Waals surface area contributed by atoms with Gasteiger partial charge in [-0.1, -0.05) is 18.2 Å². The highest BCUT2D eigenvalue weighted by atomic mass is 31.2. The number of carbonyl (C=O) groups excluding carboxylic acids is 1. The third-order valence-electron chi connectivity index (χ3n) is 6.96. The average Bonchev–Trinajstić information content (AvgIpc) is 3.49. The van der Waals surface area contributed by atoms with Crippen molar-refractivity contribution < 1.29 is 43.6 Å². The largest absolute Gasteiger partial charge is 0.778 e. The summed E-state index contributed by atoms with van der Waals surface area (Å²) in [5.41, 5.74) is 0.931. The maximum atomic E-state index is 12.6. The summed E-state index contributed by atoms with van der Waals surface area (Å²) in [5, 5.41) is 38.5. The fourth-order valence-corrected chi connectivity index (χ4v) is 6.37. The second-order valence-corrected chi connectivity index (χ2v) is 11.7. The Kier molecular flexibility index (Phi) is 8.60. The van der Waals surface area contributed by atoms with Gasteiger partial charge in [0.2, 0.25) is 0 Å². The van der Waals surface area contributed by atoms with Crippen LogP contribution in [-0.4, -0.2) is 90.5 Å². The maximum absolute atomic E-state index is 12.6. The van der Waals surface area contributed by atoms with Gasteiger partial charge in [-0.3, -0.25) is 14.7 Å². The molecule has 2 aliphatic rings. The molecule has 0 saturated carbocycles. The van der Waals surface area contributed by atoms with E-state index in [1.807, 2.05) is 6.07 Å². The van der Waals surface area contributed by atoms with Gasteiger partial charge >= 0.3 is 12.0 Å². The number of anilines is 2. The van der Waals surface area contributed by atoms with Gasteiger partial charge in [0.05, 0.1) is 12.9 Å². The van der Waals surface area contributed by atoms with Crippen molar-refractivity contribution in [1.82, 2.24) is 24.8 Å². The lowest BCUT2D eigenvalue weighted by Gasteiger charge is -2.33. The van der Waals surface area contributed by atoms with Crippen molar-refractivity contribution in [2.24, 2.45) is 5.92 Å². The van der Waals surface area contributed by atoms with Crippen LogP contribution < -0.4 is 20.8 Å². The number of carbonyl (C=O) groups is 2. The van der Waals surface area contributed by atoms with E-state index in [2.05, 4.69) is 30.9 Å². The number of aliphatic hydroxyl groups excluding tert-OH is 2. The average molecular weight is 591 g/mol. The monoisotopic (exact) mass is 590 g/mol. The van der Waals surface area contributed by atoms with E-state index in [1.54, 1.807) is 24.3 Å². The molecule has 2 saturated heterocycles. The number of nitrogens with one attached hydrogen (secondary N) is 3. The van der Waals surface area contributed by atoms with E-state index in [0.717, 1.165) is 0 Å². The van der Waals surface area contributed by atoms with Crippen LogP contribution in [0.2, 0.25) is 0 Å². The predicted octanol–water partition coefficient (Wildman–Crippen LogP) is 0.112. The molecule has 3 aromatic rings. The highest BCUT2D eigenvalue weighted by molar-refractivity contribution is 7.51. The Morgan fingerprint density at radius 1 is 1.17 bits per heavy atom. The number of aliphatic carboxylic acids is 1. The summed E-state index contributed by atoms with van der Waals surface area (Å²) in [6, 6.07) is 7.36. The highest BCUT2D eigenvalue weighted by Crippen LogP contribution is 2.43. The minimum absolute atomic E-state index is 0.0884. The van der Waals surface area contributed by atoms with Gasteiger partial charge in [0, 0.05) is 11.8 Å². The van der Waals surface area contributed by atoms with Crippen LogP contribution in [0.4, 0.5) is 16.3 Å². The molecule has 0 radical (unpaired) electrons. The molecule has 0 bridgehead atoms. The number of imidazole rings is 1. The number of aromatic nitrogens is 4. The van der Waals surface area contributed by atoms with Gasteiger partial charge in [0.25, 0.3) is 0 Å². The quantitative estimate of drug-likeness (QED) is 0.182. The number of carboxylic acids is 1. The number of para-hydroxylation sites is 1. The first-order chi connectivity index (χ1) is 19.6. The van der Waals surface area contributed by atoms with Gasteiger partial charge in [-0.15, -0.1) is 0 Å². The lowest BCUT2D eigenvalue weighted by Crippen LogP contribution is -2.44. The van der Waals surface area contributed by atoms with Gasteiger partial charge in [0.15, 0.2) is 23.2 Å². The Labute approximate surface area is 233 Å². The van der Waals surface area contributed by atoms with Crippen LogP contribution in [0.1, 0.15) is 19.1 Å². The Hall–Kier alpha value is -3.50. The Morgan fingerprint density at radius 2 is 1.95 bits per heavy atom. The molecule has 1 aromatic carbocycles. The van der Waals surface area contributed by atoms with E-state index in [0.29, 0.717) is 18.7 Å². The van der Waals surface area contributed by atoms with E-state index in [1.165, 1.54) is 17.2 Å². The number of piperidine rings is 1. The zero-order valence-corrected chi connectivity index (χ0v) is 22.5. The van der Waals surface area contributed by atoms with Gasteiger partial charge < -0.3 is 44.7 Å². The number of aliphatic hydroxyl groups is 2. The van der Waals surface area contributed by atoms with Crippen LogP contribution in [0, 0.1) is 5.92 Å². The summed E-state index contributed by atoms with van der Waals surface area (Å²) in [7, 11) is -4.41. The molecule has 5 rings (SSSR count). The van der Waals surface area contributed by atoms with E-state index in [-0.39, 0.29) is 29.6 Å². The summed E-state index contributed by atoms with van der Waals surface area (Å²) < 4.78 is 24.8. The Bertz CT molecular complexity index is 1440. The van der Waals surface area contributed by atoms with Crippen molar-refractivity contribution in [1.29, 1.82) is 0 Å². The number of urea groups is 1. The van der Waals surface area contributed by atoms with Crippen molar-refractivity contribution in [3.05, 3.63) is 43.0 Å². The predicted molar refractivity (Wildman–Crippen MR) is 141 cm³/mol. The molecule has 6 N–H and O–H groups in total. The number of rotatable bonds is 9. The smallest absolute Gasteiger partial charge is 0.324 e. The summed E-state index contributed by atoms with van der Waals surface area (Å²) in [6.45, 7) is -0.186. The van der Waals surface area contributed by atoms with E-state index in [9.17, 15) is 34.4 Å². The number of ether oxygens (including phenoxy) is 1. The number of carboxylic acid groups (broad SMARTS) is 1. The number of hydrogen-bond donors (Lipinski definition) is 6. The van der Waals surface area contributed by atoms with Gasteiger partial charge in [-0.25, -0.2) is 19.7 Å². The SMILES string of the molecule is O=C(Nc1ccccc1)Nc1ncnc2c1ncn2[C@@H]1O[C@H](COP(=O)([O-])CC2CCNC(C(=O)O)C2)C(O)C1O. The van der Waals surface area contributed by atoms with Gasteiger partial charge in [-0.05, 0) is 37.4 Å². The number of amides is 2. The van der Waals surface area contributed by atoms with Gasteiger partial charge in [0.1, 0.15) is 38.3 Å².